The lowest BCUT2D eigenvalue weighted by molar-refractivity contribution is 0.484. The molecular weight excluding hydrogens is 268 g/mol. The Labute approximate surface area is 120 Å². The van der Waals surface area contributed by atoms with Crippen molar-refractivity contribution in [1.29, 1.82) is 0 Å². The molecule has 1 aromatic carbocycles. The van der Waals surface area contributed by atoms with Crippen LogP contribution in [0.3, 0.4) is 0 Å². The molecule has 0 amide bonds. The van der Waals surface area contributed by atoms with Gasteiger partial charge in [-0.2, -0.15) is 0 Å². The minimum Gasteiger partial charge on any atom is -0.358 e. The van der Waals surface area contributed by atoms with Crippen LogP contribution in [-0.2, 0) is 9.71 Å². The monoisotopic (exact) mass is 288 g/mol. The fourth-order valence-corrected chi connectivity index (χ4v) is 3.79. The average molecular weight is 288 g/mol. The minimum atomic E-state index is -2.09. The molecule has 2 heterocycles. The molecule has 1 aliphatic rings. The normalized spacial score (nSPS) is 19.8. The van der Waals surface area contributed by atoms with Crippen LogP contribution in [0.25, 0.3) is 16.5 Å². The molecule has 3 nitrogen and oxygen atoms in total. The van der Waals surface area contributed by atoms with Gasteiger partial charge in [0.25, 0.3) is 0 Å². The van der Waals surface area contributed by atoms with Gasteiger partial charge >= 0.3 is 0 Å². The first-order valence-corrected chi connectivity index (χ1v) is 8.90. The number of benzene rings is 1. The predicted octanol–water partition coefficient (Wildman–Crippen LogP) is 2.83. The van der Waals surface area contributed by atoms with E-state index in [4.69, 9.17) is 0 Å². The van der Waals surface area contributed by atoms with Crippen LogP contribution in [0.2, 0.25) is 0 Å². The maximum Gasteiger partial charge on any atom is 0.0462 e. The Morgan fingerprint density at radius 2 is 2.10 bits per heavy atom. The van der Waals surface area contributed by atoms with Gasteiger partial charge < -0.3 is 4.98 Å². The van der Waals surface area contributed by atoms with Crippen LogP contribution < -0.4 is 0 Å². The largest absolute Gasteiger partial charge is 0.358 e. The number of hydrogen-bond donors (Lipinski definition) is 1. The third-order valence-electron chi connectivity index (χ3n) is 3.93. The van der Waals surface area contributed by atoms with Crippen LogP contribution in [0.4, 0.5) is 0 Å². The van der Waals surface area contributed by atoms with E-state index in [-0.39, 0.29) is 0 Å². The number of rotatable bonds is 2. The summed E-state index contributed by atoms with van der Waals surface area (Å²) in [7, 11) is -2.09. The highest BCUT2D eigenvalue weighted by atomic mass is 32.2. The number of aromatic nitrogens is 1. The van der Waals surface area contributed by atoms with Crippen LogP contribution >= 0.6 is 0 Å². The zero-order valence-electron chi connectivity index (χ0n) is 12.0. The van der Waals surface area contributed by atoms with E-state index in [1.54, 1.807) is 6.26 Å². The fraction of sp³-hybridized carbons (Fsp3) is 0.312. The van der Waals surface area contributed by atoms with Crippen LogP contribution in [0.15, 0.2) is 30.3 Å². The summed E-state index contributed by atoms with van der Waals surface area (Å²) in [5.41, 5.74) is 5.05. The number of fused-ring (bicyclic) bond motifs is 1. The highest BCUT2D eigenvalue weighted by molar-refractivity contribution is 7.97. The Hall–Kier alpha value is -1.52. The Balaban J connectivity index is 2.01. The van der Waals surface area contributed by atoms with Crippen molar-refractivity contribution in [3.8, 4) is 0 Å². The van der Waals surface area contributed by atoms with Crippen molar-refractivity contribution in [3.05, 3.63) is 41.6 Å². The van der Waals surface area contributed by atoms with E-state index >= 15 is 0 Å². The smallest absolute Gasteiger partial charge is 0.0462 e. The number of aromatic amines is 1. The number of nitrogens with zero attached hydrogens (tertiary/aromatic N) is 1. The SMILES string of the molecule is C=S(C)(=O)N1CC=C(c2c(C)[nH]c3ccccc23)CC1. The second-order valence-corrected chi connectivity index (χ2v) is 7.93. The summed E-state index contributed by atoms with van der Waals surface area (Å²) in [6.07, 6.45) is 4.83. The average Bonchev–Trinajstić information content (AvgIpc) is 2.73. The summed E-state index contributed by atoms with van der Waals surface area (Å²) in [6, 6.07) is 8.39. The molecule has 3 rings (SSSR count). The number of aryl methyl sites for hydroxylation is 1. The van der Waals surface area contributed by atoms with Crippen molar-refractivity contribution in [3.63, 3.8) is 0 Å². The van der Waals surface area contributed by atoms with Gasteiger partial charge in [0, 0.05) is 51.2 Å². The second kappa shape index (κ2) is 4.79. The Kier molecular flexibility index (Phi) is 3.22. The van der Waals surface area contributed by atoms with Gasteiger partial charge in [-0.05, 0) is 30.9 Å². The van der Waals surface area contributed by atoms with E-state index < -0.39 is 9.71 Å². The lowest BCUT2D eigenvalue weighted by Gasteiger charge is -2.27. The van der Waals surface area contributed by atoms with Crippen LogP contribution in [-0.4, -0.2) is 38.7 Å². The van der Waals surface area contributed by atoms with Gasteiger partial charge in [0.1, 0.15) is 0 Å². The van der Waals surface area contributed by atoms with Crippen molar-refractivity contribution in [2.45, 2.75) is 13.3 Å². The lowest BCUT2D eigenvalue weighted by atomic mass is 9.97. The quantitative estimate of drug-likeness (QED) is 0.848. The van der Waals surface area contributed by atoms with E-state index in [1.807, 2.05) is 10.4 Å². The Morgan fingerprint density at radius 3 is 2.75 bits per heavy atom. The first-order chi connectivity index (χ1) is 9.47. The number of hydrogen-bond acceptors (Lipinski definition) is 1. The first-order valence-electron chi connectivity index (χ1n) is 6.81. The van der Waals surface area contributed by atoms with Crippen LogP contribution in [0.5, 0.6) is 0 Å². The maximum atomic E-state index is 12.0. The molecule has 0 aliphatic carbocycles. The van der Waals surface area contributed by atoms with Crippen LogP contribution in [0, 0.1) is 6.92 Å². The van der Waals surface area contributed by atoms with E-state index in [0.717, 1.165) is 13.0 Å². The highest BCUT2D eigenvalue weighted by Crippen LogP contribution is 2.32. The molecular formula is C16H20N2OS. The minimum absolute atomic E-state index is 0.715. The van der Waals surface area contributed by atoms with Gasteiger partial charge in [0.2, 0.25) is 0 Å². The van der Waals surface area contributed by atoms with Crippen LogP contribution in [0.1, 0.15) is 17.7 Å². The van der Waals surface area contributed by atoms with E-state index in [2.05, 4.69) is 42.1 Å². The zero-order valence-corrected chi connectivity index (χ0v) is 12.8. The van der Waals surface area contributed by atoms with Gasteiger partial charge in [-0.25, -0.2) is 4.31 Å². The van der Waals surface area contributed by atoms with Gasteiger partial charge in [0.05, 0.1) is 0 Å². The molecule has 0 bridgehead atoms. The lowest BCUT2D eigenvalue weighted by Crippen LogP contribution is -2.33. The highest BCUT2D eigenvalue weighted by Gasteiger charge is 2.19. The fourth-order valence-electron chi connectivity index (χ4n) is 2.92. The van der Waals surface area contributed by atoms with Gasteiger partial charge in [-0.15, -0.1) is 0 Å². The van der Waals surface area contributed by atoms with E-state index in [9.17, 15) is 4.21 Å². The number of nitrogens with one attached hydrogen (secondary N) is 1. The molecule has 0 spiro atoms. The topological polar surface area (TPSA) is 36.1 Å². The molecule has 0 radical (unpaired) electrons. The molecule has 0 saturated heterocycles. The Morgan fingerprint density at radius 1 is 1.35 bits per heavy atom. The van der Waals surface area contributed by atoms with Gasteiger partial charge in [-0.3, -0.25) is 4.21 Å². The van der Waals surface area contributed by atoms with E-state index in [0.29, 0.717) is 6.54 Å². The molecule has 0 fully saturated rings. The summed E-state index contributed by atoms with van der Waals surface area (Å²) in [5.74, 6) is 3.77. The molecule has 4 heteroatoms. The summed E-state index contributed by atoms with van der Waals surface area (Å²) in [6.45, 7) is 3.64. The summed E-state index contributed by atoms with van der Waals surface area (Å²) in [5, 5.41) is 1.27. The maximum absolute atomic E-state index is 12.0. The summed E-state index contributed by atoms with van der Waals surface area (Å²) < 4.78 is 14.0. The molecule has 20 heavy (non-hydrogen) atoms. The third-order valence-corrected chi connectivity index (χ3v) is 5.36. The first kappa shape index (κ1) is 13.5. The van der Waals surface area contributed by atoms with Crippen molar-refractivity contribution in [2.75, 3.05) is 19.3 Å². The predicted molar refractivity (Wildman–Crippen MR) is 88.4 cm³/mol. The van der Waals surface area contributed by atoms with E-state index in [1.165, 1.54) is 27.7 Å². The van der Waals surface area contributed by atoms with Gasteiger partial charge in [-0.1, -0.05) is 24.3 Å². The van der Waals surface area contributed by atoms with Crippen molar-refractivity contribution >= 4 is 32.1 Å². The number of H-pyrrole nitrogens is 1. The molecule has 1 aliphatic heterocycles. The Bertz CT molecular complexity index is 784. The standard InChI is InChI=1S/C16H20N2OS/c1-12-16(14-6-4-5-7-15(14)17-12)13-8-10-18(11-9-13)20(2,3)19/h4-8,17H,2,9-11H2,1,3H3. The third kappa shape index (κ3) is 2.30. The molecule has 1 atom stereocenters. The number of para-hydroxylation sites is 1. The molecule has 1 aromatic heterocycles. The van der Waals surface area contributed by atoms with Crippen molar-refractivity contribution < 1.29 is 4.21 Å². The molecule has 0 saturated carbocycles. The second-order valence-electron chi connectivity index (χ2n) is 5.50. The van der Waals surface area contributed by atoms with Crippen molar-refractivity contribution in [2.24, 2.45) is 0 Å². The molecule has 1 N–H and O–H groups in total. The van der Waals surface area contributed by atoms with Crippen molar-refractivity contribution in [1.82, 2.24) is 9.29 Å². The molecule has 1 unspecified atom stereocenters. The van der Waals surface area contributed by atoms with Gasteiger partial charge in [0.15, 0.2) is 0 Å². The zero-order chi connectivity index (χ0) is 14.3. The summed E-state index contributed by atoms with van der Waals surface area (Å²) >= 11 is 0. The summed E-state index contributed by atoms with van der Waals surface area (Å²) in [4.78, 5) is 3.44. The molecule has 106 valence electrons. The molecule has 2 aromatic rings.